The van der Waals surface area contributed by atoms with Crippen LogP contribution in [-0.4, -0.2) is 33.3 Å². The van der Waals surface area contributed by atoms with Crippen LogP contribution in [0.15, 0.2) is 48.8 Å². The van der Waals surface area contributed by atoms with Crippen LogP contribution in [0.3, 0.4) is 0 Å². The van der Waals surface area contributed by atoms with Gasteiger partial charge >= 0.3 is 29.6 Å². The van der Waals surface area contributed by atoms with Gasteiger partial charge in [-0.1, -0.05) is 0 Å². The molecule has 2 aromatic heterocycles. The van der Waals surface area contributed by atoms with Gasteiger partial charge in [0.15, 0.2) is 0 Å². The smallest absolute Gasteiger partial charge is 0.545 e. The molecule has 0 aliphatic heterocycles. The van der Waals surface area contributed by atoms with E-state index in [-0.39, 0.29) is 35.2 Å². The second-order valence-corrected chi connectivity index (χ2v) is 7.17. The number of anilines is 1. The number of methoxy groups -OCH3 is 1. The zero-order valence-corrected chi connectivity index (χ0v) is 20.7. The first-order valence-electron chi connectivity index (χ1n) is 9.88. The molecule has 0 atom stereocenters. The maximum absolute atomic E-state index is 13.7. The summed E-state index contributed by atoms with van der Waals surface area (Å²) in [4.78, 5) is 24.4. The minimum Gasteiger partial charge on any atom is -0.545 e. The number of nitrogens with zero attached hydrogens (tertiary/aromatic N) is 3. The van der Waals surface area contributed by atoms with E-state index in [0.717, 1.165) is 23.3 Å². The topological polar surface area (TPSA) is 101 Å². The van der Waals surface area contributed by atoms with Crippen molar-refractivity contribution in [1.29, 1.82) is 0 Å². The number of halogens is 1. The van der Waals surface area contributed by atoms with Crippen LogP contribution in [0, 0.1) is 12.7 Å². The summed E-state index contributed by atoms with van der Waals surface area (Å²) in [7, 11) is 1.54. The van der Waals surface area contributed by atoms with Crippen molar-refractivity contribution in [2.45, 2.75) is 20.4 Å². The molecule has 4 rings (SSSR count). The van der Waals surface area contributed by atoms with Crippen molar-refractivity contribution in [3.8, 4) is 11.4 Å². The molecule has 1 N–H and O–H groups in total. The van der Waals surface area contributed by atoms with Gasteiger partial charge in [0.25, 0.3) is 5.91 Å². The first-order valence-corrected chi connectivity index (χ1v) is 9.88. The summed E-state index contributed by atoms with van der Waals surface area (Å²) in [6, 6.07) is 8.71. The van der Waals surface area contributed by atoms with Crippen molar-refractivity contribution in [2.75, 3.05) is 12.4 Å². The molecule has 0 bridgehead atoms. The molecule has 1 amide bonds. The molecule has 0 aliphatic carbocycles. The first kappa shape index (κ1) is 24.5. The summed E-state index contributed by atoms with van der Waals surface area (Å²) in [6.07, 6.45) is 3.60. The Kier molecular flexibility index (Phi) is 7.26. The normalized spacial score (nSPS) is 10.7. The van der Waals surface area contributed by atoms with Crippen LogP contribution in [0.25, 0.3) is 16.6 Å². The van der Waals surface area contributed by atoms with Gasteiger partial charge in [-0.25, -0.2) is 4.39 Å². The molecule has 10 heteroatoms. The average molecular weight is 458 g/mol. The number of aromatic carboxylic acids is 1. The fourth-order valence-corrected chi connectivity index (χ4v) is 3.74. The van der Waals surface area contributed by atoms with E-state index >= 15 is 0 Å². The maximum atomic E-state index is 13.7. The Balaban J connectivity index is 0.00000306. The molecular weight excluding hydrogens is 438 g/mol. The number of carbonyl (C=O) groups is 2. The van der Waals surface area contributed by atoms with Crippen molar-refractivity contribution in [3.05, 3.63) is 71.4 Å². The van der Waals surface area contributed by atoms with Gasteiger partial charge in [0.05, 0.1) is 36.0 Å². The zero-order chi connectivity index (χ0) is 23.0. The summed E-state index contributed by atoms with van der Waals surface area (Å²) in [5.41, 5.74) is 2.11. The third-order valence-corrected chi connectivity index (χ3v) is 5.28. The number of nitrogens with one attached hydrogen (secondary N) is 1. The SMILES string of the molecule is CCn1cc(-n2c(C)c(C(=O)Nc3ccc(F)c(C(=O)[O-])c3)c3cc(OC)ccc32)cn1.[Na+]. The number of aromatic nitrogens is 3. The number of ether oxygens (including phenoxy) is 1. The van der Waals surface area contributed by atoms with Crippen molar-refractivity contribution in [3.63, 3.8) is 0 Å². The minimum atomic E-state index is -1.66. The number of rotatable bonds is 6. The summed E-state index contributed by atoms with van der Waals surface area (Å²) in [5.74, 6) is -2.50. The minimum absolute atomic E-state index is 0. The van der Waals surface area contributed by atoms with E-state index in [9.17, 15) is 19.1 Å². The van der Waals surface area contributed by atoms with Crippen LogP contribution >= 0.6 is 0 Å². The molecule has 8 nitrogen and oxygen atoms in total. The Labute approximate surface area is 211 Å². The van der Waals surface area contributed by atoms with Gasteiger partial charge in [-0.15, -0.1) is 0 Å². The van der Waals surface area contributed by atoms with Crippen molar-refractivity contribution in [1.82, 2.24) is 14.3 Å². The van der Waals surface area contributed by atoms with Crippen LogP contribution < -0.4 is 44.7 Å². The molecule has 2 heterocycles. The van der Waals surface area contributed by atoms with Gasteiger partial charge in [0.1, 0.15) is 11.6 Å². The quantitative estimate of drug-likeness (QED) is 0.408. The van der Waals surface area contributed by atoms with E-state index in [1.165, 1.54) is 13.2 Å². The number of aryl methyl sites for hydroxylation is 1. The van der Waals surface area contributed by atoms with Gasteiger partial charge in [-0.05, 0) is 50.2 Å². The van der Waals surface area contributed by atoms with Crippen molar-refractivity contribution < 1.29 is 53.4 Å². The fourth-order valence-electron chi connectivity index (χ4n) is 3.74. The van der Waals surface area contributed by atoms with E-state index in [2.05, 4.69) is 10.4 Å². The Morgan fingerprint density at radius 2 is 1.97 bits per heavy atom. The Morgan fingerprint density at radius 3 is 2.61 bits per heavy atom. The predicted molar refractivity (Wildman–Crippen MR) is 115 cm³/mol. The molecule has 0 unspecified atom stereocenters. The number of carboxylic acid groups (broad SMARTS) is 1. The van der Waals surface area contributed by atoms with E-state index in [1.807, 2.05) is 30.7 Å². The third kappa shape index (κ3) is 4.52. The largest absolute Gasteiger partial charge is 1.00 e. The molecule has 0 fully saturated rings. The van der Waals surface area contributed by atoms with Crippen molar-refractivity contribution in [2.24, 2.45) is 0 Å². The predicted octanol–water partition coefficient (Wildman–Crippen LogP) is -0.0772. The van der Waals surface area contributed by atoms with Crippen LogP contribution in [0.2, 0.25) is 0 Å². The third-order valence-electron chi connectivity index (χ3n) is 5.28. The zero-order valence-electron chi connectivity index (χ0n) is 18.7. The molecule has 0 saturated carbocycles. The number of benzene rings is 2. The number of hydrogen-bond acceptors (Lipinski definition) is 5. The molecule has 164 valence electrons. The van der Waals surface area contributed by atoms with Gasteiger partial charge in [-0.3, -0.25) is 9.48 Å². The molecular formula is C23H20FN4NaO4. The van der Waals surface area contributed by atoms with Gasteiger partial charge in [0, 0.05) is 35.1 Å². The molecule has 0 radical (unpaired) electrons. The van der Waals surface area contributed by atoms with Crippen LogP contribution in [0.5, 0.6) is 5.75 Å². The molecule has 2 aromatic carbocycles. The molecule has 33 heavy (non-hydrogen) atoms. The molecule has 0 aliphatic rings. The maximum Gasteiger partial charge on any atom is 1.00 e. The number of carbonyl (C=O) groups excluding carboxylic acids is 2. The molecule has 4 aromatic rings. The van der Waals surface area contributed by atoms with E-state index in [1.54, 1.807) is 23.0 Å². The van der Waals surface area contributed by atoms with E-state index in [4.69, 9.17) is 4.74 Å². The van der Waals surface area contributed by atoms with Gasteiger partial charge < -0.3 is 24.5 Å². The van der Waals surface area contributed by atoms with Gasteiger partial charge in [0.2, 0.25) is 0 Å². The standard InChI is InChI=1S/C23H21FN4O4.Na/c1-4-27-12-15(11-25-27)28-13(2)21(18-10-16(32-3)6-8-20(18)28)22(29)26-14-5-7-19(24)17(9-14)23(30)31;/h5-12H,4H2,1-3H3,(H,26,29)(H,30,31);/q;+1/p-1. The second kappa shape index (κ2) is 9.78. The van der Waals surface area contributed by atoms with E-state index < -0.39 is 23.3 Å². The summed E-state index contributed by atoms with van der Waals surface area (Å²) in [5, 5.41) is 18.8. The number of hydrogen-bond donors (Lipinski definition) is 1. The second-order valence-electron chi connectivity index (χ2n) is 7.17. The Hall–Kier alpha value is -3.14. The summed E-state index contributed by atoms with van der Waals surface area (Å²) in [6.45, 7) is 4.48. The fraction of sp³-hybridized carbons (Fsp3) is 0.174. The van der Waals surface area contributed by atoms with Crippen LogP contribution in [0.1, 0.15) is 33.3 Å². The average Bonchev–Trinajstić information content (AvgIpc) is 3.35. The number of fused-ring (bicyclic) bond motifs is 1. The van der Waals surface area contributed by atoms with E-state index in [0.29, 0.717) is 28.9 Å². The van der Waals surface area contributed by atoms with Crippen LogP contribution in [0.4, 0.5) is 10.1 Å². The monoisotopic (exact) mass is 458 g/mol. The first-order chi connectivity index (χ1) is 15.3. The summed E-state index contributed by atoms with van der Waals surface area (Å²) >= 11 is 0. The summed E-state index contributed by atoms with van der Waals surface area (Å²) < 4.78 is 22.7. The van der Waals surface area contributed by atoms with Gasteiger partial charge in [-0.2, -0.15) is 5.10 Å². The number of carboxylic acids is 1. The Morgan fingerprint density at radius 1 is 1.21 bits per heavy atom. The number of amides is 1. The van der Waals surface area contributed by atoms with Crippen LogP contribution in [-0.2, 0) is 6.54 Å². The molecule has 0 spiro atoms. The van der Waals surface area contributed by atoms with Crippen molar-refractivity contribution >= 4 is 28.5 Å². The molecule has 0 saturated heterocycles. The Bertz CT molecular complexity index is 1360.